The van der Waals surface area contributed by atoms with Gasteiger partial charge < -0.3 is 40.2 Å². The van der Waals surface area contributed by atoms with E-state index < -0.39 is 34.9 Å². The fourth-order valence-corrected chi connectivity index (χ4v) is 7.16. The number of para-hydroxylation sites is 2. The van der Waals surface area contributed by atoms with Gasteiger partial charge in [0.1, 0.15) is 0 Å². The van der Waals surface area contributed by atoms with Gasteiger partial charge in [-0.3, -0.25) is 9.98 Å². The maximum atomic E-state index is 11.1. The summed E-state index contributed by atoms with van der Waals surface area (Å²) in [5.74, 6) is -4.85. The van der Waals surface area contributed by atoms with Crippen LogP contribution >= 0.6 is 0 Å². The molecule has 0 atom stereocenters. The molecule has 0 saturated heterocycles. The van der Waals surface area contributed by atoms with Crippen LogP contribution in [-0.2, 0) is 46.1 Å². The largest absolute Gasteiger partial charge is 2.00 e. The maximum Gasteiger partial charge on any atom is 2.00 e. The summed E-state index contributed by atoms with van der Waals surface area (Å²) in [7, 11) is 0. The quantitative estimate of drug-likeness (QED) is 0.0245. The Morgan fingerprint density at radius 3 is 1.17 bits per heavy atom. The molecule has 63 heavy (non-hydrogen) atoms. The molecule has 4 aromatic carbocycles. The number of benzene rings is 4. The third kappa shape index (κ3) is 19.1. The molecule has 0 aliphatic carbocycles. The minimum Gasteiger partial charge on any atom is -0.545 e. The van der Waals surface area contributed by atoms with Gasteiger partial charge in [-0.1, -0.05) is 129 Å². The predicted molar refractivity (Wildman–Crippen MR) is 249 cm³/mol. The Labute approximate surface area is 389 Å². The normalized spacial score (nSPS) is 11.1. The molecule has 0 heterocycles. The van der Waals surface area contributed by atoms with Crippen molar-refractivity contribution in [2.24, 2.45) is 9.98 Å². The van der Waals surface area contributed by atoms with Crippen LogP contribution in [0.15, 0.2) is 82.8 Å². The molecule has 0 fully saturated rings. The first-order chi connectivity index (χ1) is 29.9. The van der Waals surface area contributed by atoms with Gasteiger partial charge in [0.25, 0.3) is 0 Å². The van der Waals surface area contributed by atoms with Crippen molar-refractivity contribution in [1.82, 2.24) is 0 Å². The summed E-state index contributed by atoms with van der Waals surface area (Å²) in [6.07, 6.45) is 17.4. The number of carboxylic acids is 2. The molecule has 0 radical (unpaired) electrons. The molecule has 0 bridgehead atoms. The zero-order valence-corrected chi connectivity index (χ0v) is 39.8. The summed E-state index contributed by atoms with van der Waals surface area (Å²) >= 11 is 0. The number of nitrogens with zero attached hydrogens (tertiary/aromatic N) is 2. The van der Waals surface area contributed by atoms with Crippen LogP contribution in [0.1, 0.15) is 174 Å². The number of rotatable bonds is 23. The van der Waals surface area contributed by atoms with Crippen molar-refractivity contribution < 1.29 is 60.7 Å². The number of phenolic OH excluding ortho intramolecular Hbond substituents is 2. The third-order valence-corrected chi connectivity index (χ3v) is 10.6. The average Bonchev–Trinajstić information content (AvgIpc) is 3.26. The van der Waals surface area contributed by atoms with Crippen molar-refractivity contribution in [1.29, 1.82) is 0 Å². The molecule has 10 nitrogen and oxygen atoms in total. The summed E-state index contributed by atoms with van der Waals surface area (Å²) in [4.78, 5) is 32.2. The van der Waals surface area contributed by atoms with E-state index in [4.69, 9.17) is 9.98 Å². The molecular weight excluding hydrogens is 887 g/mol. The van der Waals surface area contributed by atoms with E-state index in [0.717, 1.165) is 91.7 Å². The molecule has 0 aromatic heterocycles. The molecule has 346 valence electrons. The molecule has 0 aliphatic heterocycles. The summed E-state index contributed by atoms with van der Waals surface area (Å²) in [6.45, 7) is 12.4. The van der Waals surface area contributed by atoms with Gasteiger partial charge in [-0.05, 0) is 123 Å². The van der Waals surface area contributed by atoms with Crippen LogP contribution < -0.4 is 10.2 Å². The van der Waals surface area contributed by atoms with Crippen molar-refractivity contribution in [3.8, 4) is 23.0 Å². The van der Waals surface area contributed by atoms with E-state index in [9.17, 15) is 40.2 Å². The number of aromatic carboxylic acids is 2. The Morgan fingerprint density at radius 2 is 0.841 bits per heavy atom. The van der Waals surface area contributed by atoms with Gasteiger partial charge >= 0.3 is 20.4 Å². The van der Waals surface area contributed by atoms with Gasteiger partial charge in [-0.2, -0.15) is 0 Å². The van der Waals surface area contributed by atoms with E-state index in [2.05, 4.69) is 52.0 Å². The number of aliphatic imine (C=N–C) groups is 2. The minimum atomic E-state index is -1.44. The minimum absolute atomic E-state index is 0. The van der Waals surface area contributed by atoms with Crippen LogP contribution in [0.3, 0.4) is 0 Å². The number of hydrogen-bond donors (Lipinski definition) is 4. The smallest absolute Gasteiger partial charge is 0.545 e. The van der Waals surface area contributed by atoms with Crippen LogP contribution in [0.4, 0.5) is 11.4 Å². The van der Waals surface area contributed by atoms with Crippen LogP contribution in [-0.4, -0.2) is 43.8 Å². The summed E-state index contributed by atoms with van der Waals surface area (Å²) in [5.41, 5.74) is 6.50. The predicted octanol–water partition coefficient (Wildman–Crippen LogP) is 11.2. The first-order valence-corrected chi connectivity index (χ1v) is 22.7. The molecule has 0 saturated carbocycles. The fraction of sp³-hybridized carbons (Fsp3) is 0.462. The second kappa shape index (κ2) is 31.8. The Bertz CT molecular complexity index is 1930. The number of hydrogen-bond acceptors (Lipinski definition) is 10. The Hall–Kier alpha value is -4.98. The number of aromatic hydroxyl groups is 4. The Kier molecular flexibility index (Phi) is 28.3. The Morgan fingerprint density at radius 1 is 0.492 bits per heavy atom. The fourth-order valence-electron chi connectivity index (χ4n) is 7.16. The van der Waals surface area contributed by atoms with E-state index in [1.54, 1.807) is 0 Å². The van der Waals surface area contributed by atoms with Crippen LogP contribution in [0.25, 0.3) is 0 Å². The second-order valence-electron chi connectivity index (χ2n) is 15.4. The molecule has 0 amide bonds. The number of carboxylic acid groups (broad SMARTS) is 2. The number of unbranched alkanes of at least 4 members (excludes halogenated alkanes) is 8. The number of carbonyl (C=O) groups is 2. The summed E-state index contributed by atoms with van der Waals surface area (Å²) in [6, 6.07) is 23.4. The van der Waals surface area contributed by atoms with Crippen molar-refractivity contribution in [2.45, 2.75) is 157 Å². The third-order valence-electron chi connectivity index (χ3n) is 10.6. The van der Waals surface area contributed by atoms with Gasteiger partial charge in [0.15, 0.2) is 23.0 Å². The van der Waals surface area contributed by atoms with Gasteiger partial charge in [-0.25, -0.2) is 0 Å². The zero-order chi connectivity index (χ0) is 45.9. The zero-order valence-electron chi connectivity index (χ0n) is 38.3. The molecule has 0 aliphatic rings. The molecule has 11 heteroatoms. The van der Waals surface area contributed by atoms with E-state index in [0.29, 0.717) is 36.8 Å². The van der Waals surface area contributed by atoms with Crippen LogP contribution in [0.5, 0.6) is 23.0 Å². The Balaban J connectivity index is 0.000000482. The van der Waals surface area contributed by atoms with E-state index >= 15 is 0 Å². The van der Waals surface area contributed by atoms with Gasteiger partial charge in [0.2, 0.25) is 0 Å². The van der Waals surface area contributed by atoms with E-state index in [1.807, 2.05) is 50.2 Å². The van der Waals surface area contributed by atoms with Crippen LogP contribution in [0.2, 0.25) is 0 Å². The number of aryl methyl sites for hydroxylation is 2. The molecule has 4 N–H and O–H groups in total. The van der Waals surface area contributed by atoms with Gasteiger partial charge in [0.05, 0.1) is 34.7 Å². The molecular formula is C52H70N2O8Pd. The van der Waals surface area contributed by atoms with Crippen molar-refractivity contribution in [2.75, 3.05) is 0 Å². The first kappa shape index (κ1) is 56.0. The average molecular weight is 958 g/mol. The molecule has 0 spiro atoms. The van der Waals surface area contributed by atoms with E-state index in [1.165, 1.54) is 44.2 Å². The number of phenols is 4. The van der Waals surface area contributed by atoms with Crippen molar-refractivity contribution in [3.05, 3.63) is 106 Å². The monoisotopic (exact) mass is 956 g/mol. The first-order valence-electron chi connectivity index (χ1n) is 22.7. The van der Waals surface area contributed by atoms with Crippen molar-refractivity contribution in [3.63, 3.8) is 0 Å². The number of carbonyl (C=O) groups excluding carboxylic acids is 2. The summed E-state index contributed by atoms with van der Waals surface area (Å²) < 4.78 is 0. The van der Waals surface area contributed by atoms with Crippen molar-refractivity contribution >= 4 is 34.7 Å². The van der Waals surface area contributed by atoms with E-state index in [-0.39, 0.29) is 31.5 Å². The molecule has 0 unspecified atom stereocenters. The summed E-state index contributed by atoms with van der Waals surface area (Å²) in [5, 5.41) is 60.6. The SMILES string of the molecule is CCCCCCC(=Nc1ccccc1)C(CCCC)=Nc1ccccc1.CCCCCc1c(CC)cc(O)c(O)c1C(=O)[O-].CCCCCc1c(CC)cc(O)c(O)c1C(=O)[O-].[Pd+2]. The maximum absolute atomic E-state index is 11.1. The molecule has 4 rings (SSSR count). The standard InChI is InChI=1S/C24H32N2.2C14H20O4.Pd/c1-3-5-7-14-20-24(26-22-17-12-9-13-18-22)23(19-6-4-2)25-21-15-10-8-11-16-21;2*1-3-5-6-7-10-9(4-2)8-11(15)13(16)12(10)14(17)18;/h8-13,15-18H,3-7,14,19-20H2,1-2H3;2*8,15-16H,3-7H2,1-2H3,(H,17,18);/q;;;+2/p-2. The van der Waals surface area contributed by atoms with Gasteiger partial charge in [-0.15, -0.1) is 0 Å². The second-order valence-corrected chi connectivity index (χ2v) is 15.4. The van der Waals surface area contributed by atoms with Crippen LogP contribution in [0, 0.1) is 0 Å². The van der Waals surface area contributed by atoms with Gasteiger partial charge in [0, 0.05) is 11.1 Å². The topological polar surface area (TPSA) is 186 Å². The molecule has 4 aromatic rings.